The summed E-state index contributed by atoms with van der Waals surface area (Å²) in [5, 5.41) is 13.6. The predicted octanol–water partition coefficient (Wildman–Crippen LogP) is 2.75. The third-order valence-corrected chi connectivity index (χ3v) is 3.63. The minimum Gasteiger partial charge on any atom is -0.497 e. The minimum atomic E-state index is -0.680. The van der Waals surface area contributed by atoms with E-state index in [0.717, 1.165) is 5.75 Å². The summed E-state index contributed by atoms with van der Waals surface area (Å²) in [4.78, 5) is 0. The number of benzene rings is 1. The van der Waals surface area contributed by atoms with Crippen LogP contribution in [0.5, 0.6) is 5.75 Å². The summed E-state index contributed by atoms with van der Waals surface area (Å²) in [6.07, 6.45) is 0. The van der Waals surface area contributed by atoms with Gasteiger partial charge < -0.3 is 15.2 Å². The number of methoxy groups -OCH3 is 1. The molecule has 0 radical (unpaired) electrons. The zero-order chi connectivity index (χ0) is 13.8. The third kappa shape index (κ3) is 4.00. The fourth-order valence-electron chi connectivity index (χ4n) is 1.57. The molecule has 18 heavy (non-hydrogen) atoms. The number of aliphatic hydroxyl groups is 1. The molecular formula is C15H25NO2. The topological polar surface area (TPSA) is 41.5 Å². The van der Waals surface area contributed by atoms with E-state index in [2.05, 4.69) is 12.2 Å². The number of hydrogen-bond donors (Lipinski definition) is 2. The van der Waals surface area contributed by atoms with E-state index in [1.807, 2.05) is 45.0 Å². The van der Waals surface area contributed by atoms with Crippen LogP contribution >= 0.6 is 0 Å². The van der Waals surface area contributed by atoms with E-state index in [1.165, 1.54) is 5.56 Å². The first kappa shape index (κ1) is 15.0. The lowest BCUT2D eigenvalue weighted by Gasteiger charge is -2.29. The van der Waals surface area contributed by atoms with Crippen molar-refractivity contribution in [3.05, 3.63) is 29.8 Å². The van der Waals surface area contributed by atoms with Crippen LogP contribution in [0.3, 0.4) is 0 Å². The van der Waals surface area contributed by atoms with Gasteiger partial charge in [-0.1, -0.05) is 26.0 Å². The molecule has 3 heteroatoms. The largest absolute Gasteiger partial charge is 0.497 e. The molecule has 0 heterocycles. The molecule has 0 aliphatic rings. The van der Waals surface area contributed by atoms with Crippen LogP contribution in [0.2, 0.25) is 0 Å². The highest BCUT2D eigenvalue weighted by Gasteiger charge is 2.25. The van der Waals surface area contributed by atoms with Crippen LogP contribution in [0.25, 0.3) is 0 Å². The smallest absolute Gasteiger partial charge is 0.118 e. The van der Waals surface area contributed by atoms with Gasteiger partial charge in [0.05, 0.1) is 12.7 Å². The fourth-order valence-corrected chi connectivity index (χ4v) is 1.57. The highest BCUT2D eigenvalue weighted by atomic mass is 16.5. The Bertz CT molecular complexity index is 357. The zero-order valence-corrected chi connectivity index (χ0v) is 12.0. The van der Waals surface area contributed by atoms with Crippen molar-refractivity contribution in [2.45, 2.75) is 39.3 Å². The zero-order valence-electron chi connectivity index (χ0n) is 12.0. The molecule has 0 bridgehead atoms. The van der Waals surface area contributed by atoms with E-state index < -0.39 is 5.60 Å². The average Bonchev–Trinajstić information content (AvgIpc) is 2.36. The SMILES string of the molecule is COc1ccc([C@H](C)NCC(C)(O)C(C)C)cc1. The standard InChI is InChI=1S/C15H25NO2/c1-11(2)15(4,17)10-16-12(3)13-6-8-14(18-5)9-7-13/h6-9,11-12,16-17H,10H2,1-5H3/t12-,15?/m0/s1. The van der Waals surface area contributed by atoms with Gasteiger partial charge >= 0.3 is 0 Å². The first-order chi connectivity index (χ1) is 8.36. The van der Waals surface area contributed by atoms with Crippen LogP contribution in [0.1, 0.15) is 39.3 Å². The molecule has 0 amide bonds. The molecule has 0 fully saturated rings. The number of nitrogens with one attached hydrogen (secondary N) is 1. The Labute approximate surface area is 110 Å². The van der Waals surface area contributed by atoms with Crippen LogP contribution in [0.4, 0.5) is 0 Å². The van der Waals surface area contributed by atoms with Crippen molar-refractivity contribution in [1.82, 2.24) is 5.32 Å². The third-order valence-electron chi connectivity index (χ3n) is 3.63. The molecule has 0 aliphatic heterocycles. The lowest BCUT2D eigenvalue weighted by atomic mass is 9.92. The average molecular weight is 251 g/mol. The summed E-state index contributed by atoms with van der Waals surface area (Å²) < 4.78 is 5.13. The summed E-state index contributed by atoms with van der Waals surface area (Å²) in [5.74, 6) is 1.09. The molecule has 0 saturated heterocycles. The summed E-state index contributed by atoms with van der Waals surface area (Å²) >= 11 is 0. The Morgan fingerprint density at radius 2 is 1.78 bits per heavy atom. The van der Waals surface area contributed by atoms with E-state index in [0.29, 0.717) is 6.54 Å². The molecule has 102 valence electrons. The van der Waals surface area contributed by atoms with E-state index in [4.69, 9.17) is 4.74 Å². The van der Waals surface area contributed by atoms with Crippen molar-refractivity contribution >= 4 is 0 Å². The Hall–Kier alpha value is -1.06. The quantitative estimate of drug-likeness (QED) is 0.817. The van der Waals surface area contributed by atoms with Gasteiger partial charge in [0, 0.05) is 12.6 Å². The molecule has 0 saturated carbocycles. The van der Waals surface area contributed by atoms with Crippen molar-refractivity contribution in [2.75, 3.05) is 13.7 Å². The fraction of sp³-hybridized carbons (Fsp3) is 0.600. The first-order valence-electron chi connectivity index (χ1n) is 6.46. The summed E-state index contributed by atoms with van der Waals surface area (Å²) in [6.45, 7) is 8.60. The Morgan fingerprint density at radius 3 is 2.22 bits per heavy atom. The van der Waals surface area contributed by atoms with Crippen molar-refractivity contribution in [1.29, 1.82) is 0 Å². The summed E-state index contributed by atoms with van der Waals surface area (Å²) in [7, 11) is 1.66. The summed E-state index contributed by atoms with van der Waals surface area (Å²) in [5.41, 5.74) is 0.510. The van der Waals surface area contributed by atoms with Gasteiger partial charge in [0.2, 0.25) is 0 Å². The molecule has 1 aromatic rings. The number of rotatable bonds is 6. The van der Waals surface area contributed by atoms with Crippen molar-refractivity contribution in [2.24, 2.45) is 5.92 Å². The van der Waals surface area contributed by atoms with Gasteiger partial charge in [-0.2, -0.15) is 0 Å². The van der Waals surface area contributed by atoms with Crippen molar-refractivity contribution in [3.63, 3.8) is 0 Å². The molecule has 2 atom stereocenters. The van der Waals surface area contributed by atoms with Crippen molar-refractivity contribution in [3.8, 4) is 5.75 Å². The maximum absolute atomic E-state index is 10.2. The van der Waals surface area contributed by atoms with Crippen LogP contribution in [0, 0.1) is 5.92 Å². The monoisotopic (exact) mass is 251 g/mol. The van der Waals surface area contributed by atoms with Gasteiger partial charge in [-0.3, -0.25) is 0 Å². The molecule has 2 N–H and O–H groups in total. The second-order valence-electron chi connectivity index (χ2n) is 5.39. The van der Waals surface area contributed by atoms with E-state index in [9.17, 15) is 5.11 Å². The first-order valence-corrected chi connectivity index (χ1v) is 6.46. The van der Waals surface area contributed by atoms with Gasteiger partial charge in [-0.05, 0) is 37.5 Å². The van der Waals surface area contributed by atoms with Crippen LogP contribution in [0.15, 0.2) is 24.3 Å². The van der Waals surface area contributed by atoms with Gasteiger partial charge in [-0.25, -0.2) is 0 Å². The van der Waals surface area contributed by atoms with E-state index in [1.54, 1.807) is 7.11 Å². The van der Waals surface area contributed by atoms with Gasteiger partial charge in [0.25, 0.3) is 0 Å². The molecule has 0 spiro atoms. The van der Waals surface area contributed by atoms with Gasteiger partial charge in [-0.15, -0.1) is 0 Å². The second kappa shape index (κ2) is 6.21. The van der Waals surface area contributed by atoms with Crippen LogP contribution in [-0.2, 0) is 0 Å². The molecule has 1 rings (SSSR count). The van der Waals surface area contributed by atoms with Gasteiger partial charge in [0.1, 0.15) is 5.75 Å². The lowest BCUT2D eigenvalue weighted by molar-refractivity contribution is 0.0122. The van der Waals surface area contributed by atoms with Crippen LogP contribution < -0.4 is 10.1 Å². The maximum atomic E-state index is 10.2. The Balaban J connectivity index is 2.57. The Morgan fingerprint density at radius 1 is 1.22 bits per heavy atom. The number of ether oxygens (including phenoxy) is 1. The van der Waals surface area contributed by atoms with Crippen molar-refractivity contribution < 1.29 is 9.84 Å². The van der Waals surface area contributed by atoms with Crippen LogP contribution in [-0.4, -0.2) is 24.4 Å². The molecule has 0 aromatic heterocycles. The van der Waals surface area contributed by atoms with E-state index in [-0.39, 0.29) is 12.0 Å². The summed E-state index contributed by atoms with van der Waals surface area (Å²) in [6, 6.07) is 8.20. The maximum Gasteiger partial charge on any atom is 0.118 e. The highest BCUT2D eigenvalue weighted by molar-refractivity contribution is 5.28. The highest BCUT2D eigenvalue weighted by Crippen LogP contribution is 2.19. The molecular weight excluding hydrogens is 226 g/mol. The lowest BCUT2D eigenvalue weighted by Crippen LogP contribution is -2.42. The second-order valence-corrected chi connectivity index (χ2v) is 5.39. The van der Waals surface area contributed by atoms with Gasteiger partial charge in [0.15, 0.2) is 0 Å². The van der Waals surface area contributed by atoms with E-state index >= 15 is 0 Å². The predicted molar refractivity (Wildman–Crippen MR) is 74.9 cm³/mol. The number of hydrogen-bond acceptors (Lipinski definition) is 3. The molecule has 1 aromatic carbocycles. The molecule has 0 aliphatic carbocycles. The molecule has 3 nitrogen and oxygen atoms in total. The molecule has 1 unspecified atom stereocenters. The Kier molecular flexibility index (Phi) is 5.17. The normalized spacial score (nSPS) is 16.4. The minimum absolute atomic E-state index is 0.209.